The largest absolute Gasteiger partial charge is 0.491 e. The molecule has 2 heterocycles. The molecule has 0 aliphatic carbocycles. The summed E-state index contributed by atoms with van der Waals surface area (Å²) in [5, 5.41) is 5.74. The zero-order valence-corrected chi connectivity index (χ0v) is 8.16. The van der Waals surface area contributed by atoms with Gasteiger partial charge in [0.2, 0.25) is 5.13 Å². The lowest BCUT2D eigenvalue weighted by molar-refractivity contribution is 0.202. The van der Waals surface area contributed by atoms with Crippen LogP contribution in [0.5, 0.6) is 0 Å². The van der Waals surface area contributed by atoms with Crippen LogP contribution in [0.15, 0.2) is 16.7 Å². The number of hydroxylamine groups is 1. The molecule has 1 aromatic rings. The number of anilines is 1. The summed E-state index contributed by atoms with van der Waals surface area (Å²) in [6.45, 7) is 0. The number of rotatable bonds is 1. The molecule has 2 rings (SSSR count). The van der Waals surface area contributed by atoms with Gasteiger partial charge in [-0.05, 0) is 5.16 Å². The molecule has 14 heavy (non-hydrogen) atoms. The molecule has 76 valence electrons. The predicted octanol–water partition coefficient (Wildman–Crippen LogP) is -0.614. The van der Waals surface area contributed by atoms with E-state index in [1.165, 1.54) is 6.20 Å². The van der Waals surface area contributed by atoms with E-state index in [1.54, 1.807) is 5.38 Å². The monoisotopic (exact) mass is 236 g/mol. The molecule has 0 saturated carbocycles. The number of nitrogens with two attached hydrogens (primary N) is 1. The molecule has 0 amide bonds. The van der Waals surface area contributed by atoms with Gasteiger partial charge in [0, 0.05) is 11.6 Å². The minimum absolute atomic E-state index is 0.241. The first-order valence-corrected chi connectivity index (χ1v) is 5.46. The van der Waals surface area contributed by atoms with Crippen LogP contribution >= 0.6 is 11.3 Å². The Labute approximate surface area is 82.8 Å². The van der Waals surface area contributed by atoms with Crippen molar-refractivity contribution in [2.24, 2.45) is 10.9 Å². The van der Waals surface area contributed by atoms with E-state index in [4.69, 9.17) is 5.73 Å². The Bertz CT molecular complexity index is 452. The smallest absolute Gasteiger partial charge is 0.365 e. The molecule has 8 nitrogen and oxygen atoms in total. The zero-order valence-electron chi connectivity index (χ0n) is 6.52. The summed E-state index contributed by atoms with van der Waals surface area (Å²) in [4.78, 5) is 3.79. The number of oxime groups is 1. The molecule has 0 aromatic carbocycles. The molecular weight excluding hydrogens is 232 g/mol. The van der Waals surface area contributed by atoms with Gasteiger partial charge >= 0.3 is 10.4 Å². The topological polar surface area (TPSA) is 107 Å². The molecule has 0 radical (unpaired) electrons. The Balaban J connectivity index is 2.37. The molecule has 0 spiro atoms. The van der Waals surface area contributed by atoms with Gasteiger partial charge in [-0.15, -0.1) is 20.7 Å². The fourth-order valence-corrected chi connectivity index (χ4v) is 1.87. The summed E-state index contributed by atoms with van der Waals surface area (Å²) in [7, 11) is -4.17. The first kappa shape index (κ1) is 9.18. The van der Waals surface area contributed by atoms with E-state index >= 15 is 0 Å². The number of hydrogen-bond donors (Lipinski definition) is 1. The molecule has 0 unspecified atom stereocenters. The van der Waals surface area contributed by atoms with Crippen LogP contribution in [0.3, 0.4) is 0 Å². The molecule has 0 bridgehead atoms. The van der Waals surface area contributed by atoms with E-state index in [1.807, 2.05) is 0 Å². The highest BCUT2D eigenvalue weighted by molar-refractivity contribution is 7.82. The summed E-state index contributed by atoms with van der Waals surface area (Å²) in [6, 6.07) is 0. The molecular formula is C4H4N4O4S2. The van der Waals surface area contributed by atoms with Gasteiger partial charge in [0.15, 0.2) is 0 Å². The van der Waals surface area contributed by atoms with Crippen molar-refractivity contribution in [2.75, 3.05) is 5.06 Å². The first-order valence-electron chi connectivity index (χ1n) is 3.25. The average Bonchev–Trinajstić information content (AvgIpc) is 2.62. The van der Waals surface area contributed by atoms with Gasteiger partial charge in [-0.3, -0.25) is 0 Å². The number of hydrogen-bond acceptors (Lipinski definition) is 9. The molecule has 1 aliphatic rings. The van der Waals surface area contributed by atoms with Crippen LogP contribution in [0.2, 0.25) is 0 Å². The Hall–Kier alpha value is -1.39. The van der Waals surface area contributed by atoms with Gasteiger partial charge in [0.1, 0.15) is 0 Å². The van der Waals surface area contributed by atoms with Crippen molar-refractivity contribution in [2.45, 2.75) is 0 Å². The normalized spacial score (nSPS) is 20.0. The highest BCUT2D eigenvalue weighted by Gasteiger charge is 2.30. The van der Waals surface area contributed by atoms with Gasteiger partial charge < -0.3 is 5.73 Å². The Morgan fingerprint density at radius 2 is 2.36 bits per heavy atom. The fourth-order valence-electron chi connectivity index (χ4n) is 0.710. The maximum absolute atomic E-state index is 10.8. The van der Waals surface area contributed by atoms with Gasteiger partial charge in [0.25, 0.3) is 5.96 Å². The highest BCUT2D eigenvalue weighted by Crippen LogP contribution is 2.21. The van der Waals surface area contributed by atoms with Crippen LogP contribution in [0.1, 0.15) is 0 Å². The molecule has 10 heteroatoms. The summed E-state index contributed by atoms with van der Waals surface area (Å²) >= 11 is 1.14. The summed E-state index contributed by atoms with van der Waals surface area (Å²) in [5.74, 6) is -0.241. The predicted molar refractivity (Wildman–Crippen MR) is 47.3 cm³/mol. The van der Waals surface area contributed by atoms with Crippen molar-refractivity contribution in [3.63, 3.8) is 0 Å². The summed E-state index contributed by atoms with van der Waals surface area (Å²) in [5.41, 5.74) is 5.32. The van der Waals surface area contributed by atoms with E-state index in [-0.39, 0.29) is 11.1 Å². The van der Waals surface area contributed by atoms with Crippen LogP contribution in [0.25, 0.3) is 0 Å². The molecule has 1 aromatic heterocycles. The van der Waals surface area contributed by atoms with E-state index in [0.29, 0.717) is 0 Å². The minimum atomic E-state index is -4.17. The van der Waals surface area contributed by atoms with Crippen molar-refractivity contribution < 1.29 is 17.0 Å². The lowest BCUT2D eigenvalue weighted by Gasteiger charge is -2.20. The van der Waals surface area contributed by atoms with Gasteiger partial charge in [-0.25, -0.2) is 9.27 Å². The SMILES string of the molecule is NC1=NOS(=O)(=O)ON1c1nccs1. The van der Waals surface area contributed by atoms with Crippen LogP contribution in [-0.2, 0) is 19.0 Å². The molecule has 0 atom stereocenters. The van der Waals surface area contributed by atoms with E-state index in [2.05, 4.69) is 18.7 Å². The molecule has 0 fully saturated rings. The number of aromatic nitrogens is 1. The van der Waals surface area contributed by atoms with Crippen LogP contribution < -0.4 is 10.8 Å². The number of guanidine groups is 1. The third-order valence-electron chi connectivity index (χ3n) is 1.19. The second-order valence-corrected chi connectivity index (χ2v) is 4.10. The van der Waals surface area contributed by atoms with Crippen molar-refractivity contribution in [1.82, 2.24) is 4.98 Å². The second kappa shape index (κ2) is 3.08. The second-order valence-electron chi connectivity index (χ2n) is 2.12. The maximum atomic E-state index is 10.8. The lowest BCUT2D eigenvalue weighted by atomic mass is 10.9. The average molecular weight is 236 g/mol. The third-order valence-corrected chi connectivity index (χ3v) is 2.52. The number of thiazole rings is 1. The highest BCUT2D eigenvalue weighted by atomic mass is 32.3. The fraction of sp³-hybridized carbons (Fsp3) is 0. The van der Waals surface area contributed by atoms with E-state index < -0.39 is 10.4 Å². The first-order chi connectivity index (χ1) is 6.58. The van der Waals surface area contributed by atoms with Crippen molar-refractivity contribution >= 4 is 32.8 Å². The summed E-state index contributed by atoms with van der Waals surface area (Å²) in [6.07, 6.45) is 1.47. The summed E-state index contributed by atoms with van der Waals surface area (Å²) < 4.78 is 30.0. The Morgan fingerprint density at radius 3 is 3.00 bits per heavy atom. The standard InChI is InChI=1S/C4H4N4O4S2/c5-3-7-11-14(9,10)12-8(3)4-6-1-2-13-4/h1-2H,(H2,5,7). The molecule has 1 aliphatic heterocycles. The van der Waals surface area contributed by atoms with Crippen LogP contribution in [0.4, 0.5) is 5.13 Å². The Kier molecular flexibility index (Phi) is 2.02. The quantitative estimate of drug-likeness (QED) is 0.692. The van der Waals surface area contributed by atoms with E-state index in [9.17, 15) is 8.42 Å². The van der Waals surface area contributed by atoms with Crippen molar-refractivity contribution in [3.8, 4) is 0 Å². The number of nitrogens with zero attached hydrogens (tertiary/aromatic N) is 3. The van der Waals surface area contributed by atoms with Gasteiger partial charge in [-0.2, -0.15) is 8.42 Å². The van der Waals surface area contributed by atoms with E-state index in [0.717, 1.165) is 16.4 Å². The minimum Gasteiger partial charge on any atom is -0.365 e. The molecule has 0 saturated heterocycles. The third kappa shape index (κ3) is 1.62. The van der Waals surface area contributed by atoms with Gasteiger partial charge in [-0.1, -0.05) is 0 Å². The zero-order chi connectivity index (χ0) is 10.2. The van der Waals surface area contributed by atoms with Crippen molar-refractivity contribution in [3.05, 3.63) is 11.6 Å². The maximum Gasteiger partial charge on any atom is 0.491 e. The molecule has 2 N–H and O–H groups in total. The Morgan fingerprint density at radius 1 is 1.57 bits per heavy atom. The van der Waals surface area contributed by atoms with Gasteiger partial charge in [0.05, 0.1) is 0 Å². The van der Waals surface area contributed by atoms with Crippen LogP contribution in [0, 0.1) is 0 Å². The van der Waals surface area contributed by atoms with Crippen LogP contribution in [-0.4, -0.2) is 19.4 Å². The van der Waals surface area contributed by atoms with Crippen molar-refractivity contribution in [1.29, 1.82) is 0 Å². The lowest BCUT2D eigenvalue weighted by Crippen LogP contribution is -2.42.